The van der Waals surface area contributed by atoms with Crippen molar-refractivity contribution >= 4 is 11.6 Å². The molecule has 1 N–H and O–H groups in total. The van der Waals surface area contributed by atoms with E-state index in [4.69, 9.17) is 25.8 Å². The first-order chi connectivity index (χ1) is 9.81. The second kappa shape index (κ2) is 6.10. The molecule has 0 aliphatic carbocycles. The molecule has 1 aromatic rings. The fraction of sp³-hybridized carbons (Fsp3) is 0.600. The predicted molar refractivity (Wildman–Crippen MR) is 78.5 cm³/mol. The molecule has 3 rings (SSSR count). The lowest BCUT2D eigenvalue weighted by Crippen LogP contribution is -2.27. The highest BCUT2D eigenvalue weighted by molar-refractivity contribution is 6.32. The highest BCUT2D eigenvalue weighted by Gasteiger charge is 2.29. The topological polar surface area (TPSA) is 39.7 Å². The van der Waals surface area contributed by atoms with E-state index in [0.717, 1.165) is 55.2 Å². The van der Waals surface area contributed by atoms with E-state index in [1.807, 2.05) is 6.07 Å². The molecule has 0 bridgehead atoms. The Morgan fingerprint density at radius 2 is 2.00 bits per heavy atom. The molecular weight excluding hydrogens is 278 g/mol. The molecule has 2 aliphatic heterocycles. The molecule has 20 heavy (non-hydrogen) atoms. The Bertz CT molecular complexity index is 486. The predicted octanol–water partition coefficient (Wildman–Crippen LogP) is 2.98. The van der Waals surface area contributed by atoms with Crippen LogP contribution in [0.2, 0.25) is 5.02 Å². The van der Waals surface area contributed by atoms with Crippen LogP contribution in [-0.2, 0) is 0 Å². The van der Waals surface area contributed by atoms with E-state index in [2.05, 4.69) is 5.32 Å². The van der Waals surface area contributed by atoms with Crippen LogP contribution < -0.4 is 19.5 Å². The third kappa shape index (κ3) is 2.54. The van der Waals surface area contributed by atoms with Gasteiger partial charge in [0.1, 0.15) is 5.75 Å². The highest BCUT2D eigenvalue weighted by atomic mass is 35.5. The van der Waals surface area contributed by atoms with Crippen LogP contribution in [0.4, 0.5) is 0 Å². The average molecular weight is 298 g/mol. The Morgan fingerprint density at radius 1 is 1.25 bits per heavy atom. The number of nitrogens with one attached hydrogen (secondary N) is 1. The van der Waals surface area contributed by atoms with E-state index < -0.39 is 0 Å². The summed E-state index contributed by atoms with van der Waals surface area (Å²) in [5.41, 5.74) is 1.08. The molecular formula is C15H20ClNO3. The van der Waals surface area contributed by atoms with Gasteiger partial charge >= 0.3 is 0 Å². The first-order valence-corrected chi connectivity index (χ1v) is 7.55. The first-order valence-electron chi connectivity index (χ1n) is 7.18. The SMILES string of the molecule is COc1c(Cl)cc2c(c1C1CCNCC1)OCCCO2. The van der Waals surface area contributed by atoms with E-state index in [-0.39, 0.29) is 0 Å². The van der Waals surface area contributed by atoms with E-state index in [1.54, 1.807) is 7.11 Å². The van der Waals surface area contributed by atoms with Gasteiger partial charge in [0.05, 0.1) is 25.3 Å². The number of fused-ring (bicyclic) bond motifs is 1. The third-order valence-electron chi connectivity index (χ3n) is 3.93. The van der Waals surface area contributed by atoms with Gasteiger partial charge in [0, 0.05) is 18.1 Å². The third-order valence-corrected chi connectivity index (χ3v) is 4.21. The minimum Gasteiger partial charge on any atom is -0.495 e. The zero-order valence-corrected chi connectivity index (χ0v) is 12.5. The van der Waals surface area contributed by atoms with Crippen molar-refractivity contribution in [3.63, 3.8) is 0 Å². The summed E-state index contributed by atoms with van der Waals surface area (Å²) in [4.78, 5) is 0. The standard InChI is InChI=1S/C15H20ClNO3/c1-18-14-11(16)9-12-15(20-8-2-7-19-12)13(14)10-3-5-17-6-4-10/h9-10,17H,2-8H2,1H3. The molecule has 0 radical (unpaired) electrons. The normalized spacial score (nSPS) is 19.5. The van der Waals surface area contributed by atoms with Crippen molar-refractivity contribution in [2.45, 2.75) is 25.2 Å². The van der Waals surface area contributed by atoms with Crippen molar-refractivity contribution in [3.8, 4) is 17.2 Å². The van der Waals surface area contributed by atoms with Crippen LogP contribution in [0, 0.1) is 0 Å². The molecule has 2 heterocycles. The lowest BCUT2D eigenvalue weighted by atomic mass is 9.88. The Hall–Kier alpha value is -1.13. The Morgan fingerprint density at radius 3 is 2.75 bits per heavy atom. The fourth-order valence-electron chi connectivity index (χ4n) is 2.97. The molecule has 0 spiro atoms. The van der Waals surface area contributed by atoms with Crippen LogP contribution in [-0.4, -0.2) is 33.4 Å². The molecule has 1 saturated heterocycles. The Kier molecular flexibility index (Phi) is 4.22. The number of halogens is 1. The van der Waals surface area contributed by atoms with Crippen LogP contribution in [0.25, 0.3) is 0 Å². The van der Waals surface area contributed by atoms with Crippen LogP contribution >= 0.6 is 11.6 Å². The summed E-state index contributed by atoms with van der Waals surface area (Å²) < 4.78 is 17.3. The molecule has 0 aromatic heterocycles. The number of hydrogen-bond acceptors (Lipinski definition) is 4. The molecule has 110 valence electrons. The number of piperidine rings is 1. The molecule has 0 unspecified atom stereocenters. The van der Waals surface area contributed by atoms with Crippen molar-refractivity contribution in [2.75, 3.05) is 33.4 Å². The monoisotopic (exact) mass is 297 g/mol. The van der Waals surface area contributed by atoms with Crippen LogP contribution in [0.5, 0.6) is 17.2 Å². The molecule has 1 fully saturated rings. The Labute approximate surface area is 124 Å². The van der Waals surface area contributed by atoms with Crippen LogP contribution in [0.15, 0.2) is 6.07 Å². The maximum absolute atomic E-state index is 6.36. The van der Waals surface area contributed by atoms with E-state index >= 15 is 0 Å². The summed E-state index contributed by atoms with van der Waals surface area (Å²) in [6.45, 7) is 3.36. The first kappa shape index (κ1) is 13.8. The van der Waals surface area contributed by atoms with E-state index in [0.29, 0.717) is 24.2 Å². The zero-order valence-electron chi connectivity index (χ0n) is 11.7. The molecule has 5 heteroatoms. The molecule has 4 nitrogen and oxygen atoms in total. The van der Waals surface area contributed by atoms with Gasteiger partial charge in [-0.1, -0.05) is 11.6 Å². The highest BCUT2D eigenvalue weighted by Crippen LogP contribution is 2.49. The summed E-state index contributed by atoms with van der Waals surface area (Å²) in [5.74, 6) is 2.72. The lowest BCUT2D eigenvalue weighted by molar-refractivity contribution is 0.293. The van der Waals surface area contributed by atoms with Crippen molar-refractivity contribution in [2.24, 2.45) is 0 Å². The smallest absolute Gasteiger partial charge is 0.168 e. The molecule has 0 saturated carbocycles. The van der Waals surface area contributed by atoms with Gasteiger partial charge in [-0.15, -0.1) is 0 Å². The van der Waals surface area contributed by atoms with Gasteiger partial charge in [-0.05, 0) is 31.8 Å². The van der Waals surface area contributed by atoms with Crippen molar-refractivity contribution in [3.05, 3.63) is 16.7 Å². The van der Waals surface area contributed by atoms with Crippen molar-refractivity contribution < 1.29 is 14.2 Å². The van der Waals surface area contributed by atoms with Crippen LogP contribution in [0.3, 0.4) is 0 Å². The van der Waals surface area contributed by atoms with Gasteiger partial charge < -0.3 is 19.5 Å². The number of ether oxygens (including phenoxy) is 3. The van der Waals surface area contributed by atoms with E-state index in [1.165, 1.54) is 0 Å². The minimum absolute atomic E-state index is 0.403. The molecule has 0 atom stereocenters. The summed E-state index contributed by atoms with van der Waals surface area (Å²) in [6, 6.07) is 1.81. The second-order valence-electron chi connectivity index (χ2n) is 5.21. The van der Waals surface area contributed by atoms with Gasteiger partial charge in [0.2, 0.25) is 0 Å². The summed E-state index contributed by atoms with van der Waals surface area (Å²) >= 11 is 6.36. The lowest BCUT2D eigenvalue weighted by Gasteiger charge is -2.27. The summed E-state index contributed by atoms with van der Waals surface area (Å²) in [5, 5.41) is 3.99. The largest absolute Gasteiger partial charge is 0.495 e. The maximum Gasteiger partial charge on any atom is 0.168 e. The minimum atomic E-state index is 0.403. The van der Waals surface area contributed by atoms with Gasteiger partial charge in [-0.2, -0.15) is 0 Å². The number of methoxy groups -OCH3 is 1. The van der Waals surface area contributed by atoms with Gasteiger partial charge in [0.25, 0.3) is 0 Å². The quantitative estimate of drug-likeness (QED) is 0.911. The van der Waals surface area contributed by atoms with Gasteiger partial charge in [-0.3, -0.25) is 0 Å². The summed E-state index contributed by atoms with van der Waals surface area (Å²) in [7, 11) is 1.66. The number of rotatable bonds is 2. The molecule has 2 aliphatic rings. The fourth-order valence-corrected chi connectivity index (χ4v) is 3.25. The van der Waals surface area contributed by atoms with Crippen LogP contribution in [0.1, 0.15) is 30.7 Å². The van der Waals surface area contributed by atoms with Crippen molar-refractivity contribution in [1.29, 1.82) is 0 Å². The Balaban J connectivity index is 2.09. The van der Waals surface area contributed by atoms with Gasteiger partial charge in [0.15, 0.2) is 11.5 Å². The average Bonchev–Trinajstić information content (AvgIpc) is 2.71. The zero-order chi connectivity index (χ0) is 13.9. The van der Waals surface area contributed by atoms with Crippen molar-refractivity contribution in [1.82, 2.24) is 5.32 Å². The number of hydrogen-bond donors (Lipinski definition) is 1. The maximum atomic E-state index is 6.36. The van der Waals surface area contributed by atoms with Gasteiger partial charge in [-0.25, -0.2) is 0 Å². The molecule has 0 amide bonds. The number of benzene rings is 1. The molecule has 1 aromatic carbocycles. The van der Waals surface area contributed by atoms with E-state index in [9.17, 15) is 0 Å². The summed E-state index contributed by atoms with van der Waals surface area (Å²) in [6.07, 6.45) is 3.01. The second-order valence-corrected chi connectivity index (χ2v) is 5.61.